The van der Waals surface area contributed by atoms with Crippen LogP contribution in [0.3, 0.4) is 0 Å². The molecule has 0 saturated heterocycles. The molecular formula is C16H14BrN5O4. The highest BCUT2D eigenvalue weighted by molar-refractivity contribution is 9.10. The topological polar surface area (TPSA) is 126 Å². The van der Waals surface area contributed by atoms with Crippen LogP contribution in [0.25, 0.3) is 11.5 Å². The van der Waals surface area contributed by atoms with E-state index in [0.29, 0.717) is 27.3 Å². The number of halogens is 1. The number of rotatable bonds is 4. The second-order valence-corrected chi connectivity index (χ2v) is 6.34. The number of nitrogens with zero attached hydrogens (tertiary/aromatic N) is 2. The van der Waals surface area contributed by atoms with E-state index in [1.54, 1.807) is 19.1 Å². The lowest BCUT2D eigenvalue weighted by Crippen LogP contribution is -2.20. The maximum absolute atomic E-state index is 12.2. The summed E-state index contributed by atoms with van der Waals surface area (Å²) < 4.78 is 5.87. The molecule has 3 rings (SSSR count). The zero-order valence-electron chi connectivity index (χ0n) is 13.8. The fourth-order valence-corrected chi connectivity index (χ4v) is 2.72. The lowest BCUT2D eigenvalue weighted by Gasteiger charge is -2.07. The number of aryl methyl sites for hydroxylation is 1. The van der Waals surface area contributed by atoms with Crippen LogP contribution in [0.4, 0.5) is 22.0 Å². The van der Waals surface area contributed by atoms with Crippen molar-refractivity contribution in [3.63, 3.8) is 0 Å². The van der Waals surface area contributed by atoms with Crippen molar-refractivity contribution in [2.45, 2.75) is 13.8 Å². The molecule has 0 atom stereocenters. The van der Waals surface area contributed by atoms with Crippen molar-refractivity contribution in [1.82, 2.24) is 10.2 Å². The summed E-state index contributed by atoms with van der Waals surface area (Å²) in [7, 11) is 0. The van der Waals surface area contributed by atoms with Gasteiger partial charge in [0.2, 0.25) is 0 Å². The molecule has 0 radical (unpaired) electrons. The van der Waals surface area contributed by atoms with Crippen LogP contribution >= 0.6 is 15.9 Å². The lowest BCUT2D eigenvalue weighted by molar-refractivity contribution is -0.385. The van der Waals surface area contributed by atoms with Gasteiger partial charge in [-0.25, -0.2) is 4.79 Å². The van der Waals surface area contributed by atoms with Gasteiger partial charge in [-0.15, -0.1) is 0 Å². The third-order valence-electron chi connectivity index (χ3n) is 3.63. The van der Waals surface area contributed by atoms with Gasteiger partial charge in [-0.3, -0.25) is 20.5 Å². The summed E-state index contributed by atoms with van der Waals surface area (Å²) in [6.07, 6.45) is 0. The smallest absolute Gasteiger partial charge is 0.324 e. The second-order valence-electron chi connectivity index (χ2n) is 5.48. The number of nitrogens with one attached hydrogen (secondary N) is 3. The monoisotopic (exact) mass is 419 g/mol. The molecule has 134 valence electrons. The molecule has 0 fully saturated rings. The quantitative estimate of drug-likeness (QED) is 0.420. The summed E-state index contributed by atoms with van der Waals surface area (Å²) in [5, 5.41) is 23.0. The predicted molar refractivity (Wildman–Crippen MR) is 99.2 cm³/mol. The molecule has 2 heterocycles. The zero-order chi connectivity index (χ0) is 18.8. The van der Waals surface area contributed by atoms with Gasteiger partial charge in [-0.05, 0) is 54.0 Å². The first-order valence-corrected chi connectivity index (χ1v) is 8.28. The largest absolute Gasteiger partial charge is 0.460 e. The van der Waals surface area contributed by atoms with E-state index in [4.69, 9.17) is 4.42 Å². The van der Waals surface area contributed by atoms with Gasteiger partial charge in [0.25, 0.3) is 5.69 Å². The first-order chi connectivity index (χ1) is 12.3. The molecule has 0 saturated carbocycles. The van der Waals surface area contributed by atoms with Crippen LogP contribution in [0, 0.1) is 24.0 Å². The minimum Gasteiger partial charge on any atom is -0.460 e. The normalized spacial score (nSPS) is 10.6. The van der Waals surface area contributed by atoms with E-state index in [-0.39, 0.29) is 11.4 Å². The van der Waals surface area contributed by atoms with Crippen molar-refractivity contribution in [3.05, 3.63) is 56.2 Å². The van der Waals surface area contributed by atoms with Crippen LogP contribution in [-0.4, -0.2) is 21.2 Å². The van der Waals surface area contributed by atoms with Gasteiger partial charge in [-0.2, -0.15) is 5.10 Å². The highest BCUT2D eigenvalue weighted by Gasteiger charge is 2.17. The molecule has 1 aromatic carbocycles. The summed E-state index contributed by atoms with van der Waals surface area (Å²) in [5.41, 5.74) is 1.51. The van der Waals surface area contributed by atoms with E-state index in [9.17, 15) is 14.9 Å². The summed E-state index contributed by atoms with van der Waals surface area (Å²) in [6.45, 7) is 3.62. The van der Waals surface area contributed by atoms with Gasteiger partial charge in [0.15, 0.2) is 11.6 Å². The van der Waals surface area contributed by atoms with Crippen LogP contribution in [0.5, 0.6) is 0 Å². The van der Waals surface area contributed by atoms with Crippen LogP contribution in [0.2, 0.25) is 0 Å². The molecule has 3 aromatic rings. The Kier molecular flexibility index (Phi) is 4.76. The third kappa shape index (κ3) is 3.59. The molecule has 3 N–H and O–H groups in total. The molecule has 26 heavy (non-hydrogen) atoms. The summed E-state index contributed by atoms with van der Waals surface area (Å²) in [6, 6.07) is 7.36. The number of aromatic nitrogens is 2. The standard InChI is InChI=1S/C16H14BrN5O4/c1-8-3-6-13(26-8)14-9(2)15(21-20-14)19-16(23)18-10-4-5-11(17)12(7-10)22(24)25/h3-7H,1-2H3,(H3,18,19,20,21,23). The predicted octanol–water partition coefficient (Wildman–Crippen LogP) is 4.60. The van der Waals surface area contributed by atoms with Crippen LogP contribution in [0.15, 0.2) is 39.2 Å². The lowest BCUT2D eigenvalue weighted by atomic mass is 10.2. The Bertz CT molecular complexity index is 994. The number of amides is 2. The van der Waals surface area contributed by atoms with Gasteiger partial charge < -0.3 is 9.73 Å². The Morgan fingerprint density at radius 1 is 1.27 bits per heavy atom. The number of hydrogen-bond donors (Lipinski definition) is 3. The van der Waals surface area contributed by atoms with E-state index in [0.717, 1.165) is 5.76 Å². The average molecular weight is 420 g/mol. The maximum Gasteiger partial charge on any atom is 0.324 e. The van der Waals surface area contributed by atoms with Crippen molar-refractivity contribution in [2.24, 2.45) is 0 Å². The molecule has 0 aliphatic heterocycles. The Hall–Kier alpha value is -3.14. The van der Waals surface area contributed by atoms with E-state index in [2.05, 4.69) is 36.8 Å². The number of anilines is 2. The summed E-state index contributed by atoms with van der Waals surface area (Å²) >= 11 is 3.09. The number of benzene rings is 1. The number of hydrogen-bond acceptors (Lipinski definition) is 5. The first kappa shape index (κ1) is 17.7. The van der Waals surface area contributed by atoms with Crippen molar-refractivity contribution in [3.8, 4) is 11.5 Å². The molecule has 0 unspecified atom stereocenters. The molecule has 9 nitrogen and oxygen atoms in total. The number of furan rings is 1. The van der Waals surface area contributed by atoms with Crippen molar-refractivity contribution < 1.29 is 14.1 Å². The van der Waals surface area contributed by atoms with Crippen molar-refractivity contribution in [2.75, 3.05) is 10.6 Å². The molecule has 0 aliphatic rings. The fraction of sp³-hybridized carbons (Fsp3) is 0.125. The Labute approximate surface area is 156 Å². The zero-order valence-corrected chi connectivity index (χ0v) is 15.4. The number of nitro groups is 1. The molecule has 0 spiro atoms. The van der Waals surface area contributed by atoms with Crippen LogP contribution in [0.1, 0.15) is 11.3 Å². The van der Waals surface area contributed by atoms with Crippen molar-refractivity contribution in [1.29, 1.82) is 0 Å². The number of aromatic amines is 1. The molecule has 2 aromatic heterocycles. The average Bonchev–Trinajstić information content (AvgIpc) is 3.15. The summed E-state index contributed by atoms with van der Waals surface area (Å²) in [4.78, 5) is 22.6. The Morgan fingerprint density at radius 2 is 2.04 bits per heavy atom. The Balaban J connectivity index is 1.74. The molecule has 2 amide bonds. The molecular weight excluding hydrogens is 406 g/mol. The molecule has 0 aliphatic carbocycles. The Morgan fingerprint density at radius 3 is 2.69 bits per heavy atom. The second kappa shape index (κ2) is 7.00. The number of urea groups is 1. The first-order valence-electron chi connectivity index (χ1n) is 7.49. The van der Waals surface area contributed by atoms with Gasteiger partial charge in [0.1, 0.15) is 11.5 Å². The van der Waals surface area contributed by atoms with Gasteiger partial charge in [0, 0.05) is 17.3 Å². The highest BCUT2D eigenvalue weighted by Crippen LogP contribution is 2.29. The molecule has 0 bridgehead atoms. The SMILES string of the molecule is Cc1ccc(-c2[nH]nc(NC(=O)Nc3ccc(Br)c([N+](=O)[O-])c3)c2C)o1. The highest BCUT2D eigenvalue weighted by atomic mass is 79.9. The number of nitro benzene ring substituents is 1. The third-order valence-corrected chi connectivity index (χ3v) is 4.30. The van der Waals surface area contributed by atoms with Gasteiger partial charge in [-0.1, -0.05) is 0 Å². The minimum atomic E-state index is -0.571. The maximum atomic E-state index is 12.2. The van der Waals surface area contributed by atoms with Crippen molar-refractivity contribution >= 4 is 39.2 Å². The minimum absolute atomic E-state index is 0.144. The van der Waals surface area contributed by atoms with Gasteiger partial charge in [0.05, 0.1) is 9.40 Å². The number of carbonyl (C=O) groups excluding carboxylic acids is 1. The van der Waals surface area contributed by atoms with Crippen LogP contribution in [-0.2, 0) is 0 Å². The van der Waals surface area contributed by atoms with E-state index >= 15 is 0 Å². The van der Waals surface area contributed by atoms with Crippen LogP contribution < -0.4 is 10.6 Å². The number of H-pyrrole nitrogens is 1. The van der Waals surface area contributed by atoms with Gasteiger partial charge >= 0.3 is 6.03 Å². The van der Waals surface area contributed by atoms with E-state index in [1.165, 1.54) is 12.1 Å². The van der Waals surface area contributed by atoms with E-state index < -0.39 is 11.0 Å². The summed E-state index contributed by atoms with van der Waals surface area (Å²) in [5.74, 6) is 1.71. The fourth-order valence-electron chi connectivity index (χ4n) is 2.33. The van der Waals surface area contributed by atoms with E-state index in [1.807, 2.05) is 13.0 Å². The number of carbonyl (C=O) groups is 1. The molecule has 10 heteroatoms.